The van der Waals surface area contributed by atoms with Gasteiger partial charge in [-0.2, -0.15) is 16.1 Å². The fraction of sp³-hybridized carbons (Fsp3) is 0.680. The number of hydrogen-bond donors (Lipinski definition) is 9. The van der Waals surface area contributed by atoms with Crippen molar-refractivity contribution in [3.8, 4) is 0 Å². The lowest BCUT2D eigenvalue weighted by Crippen LogP contribution is -2.46. The molecule has 0 aromatic carbocycles. The van der Waals surface area contributed by atoms with Gasteiger partial charge in [-0.3, -0.25) is 32.5 Å². The number of nitrogens with two attached hydrogens (primary N) is 1. The van der Waals surface area contributed by atoms with E-state index >= 15 is 0 Å². The van der Waals surface area contributed by atoms with Gasteiger partial charge >= 0.3 is 23.5 Å². The average Bonchev–Trinajstić information content (AvgIpc) is 3.60. The molecule has 3 heterocycles. The minimum absolute atomic E-state index is 0.0328. The molecule has 0 bridgehead atoms. The van der Waals surface area contributed by atoms with Crippen LogP contribution in [0, 0.1) is 5.41 Å². The zero-order valence-corrected chi connectivity index (χ0v) is 32.0. The number of ether oxygens (including phenoxy) is 1. The number of phosphoric ester groups is 3. The number of aromatic nitrogens is 4. The molecule has 1 aliphatic rings. The van der Waals surface area contributed by atoms with Gasteiger partial charge in [-0.25, -0.2) is 28.6 Å². The van der Waals surface area contributed by atoms with E-state index in [1.165, 1.54) is 32.5 Å². The van der Waals surface area contributed by atoms with Gasteiger partial charge in [0.1, 0.15) is 42.0 Å². The highest BCUT2D eigenvalue weighted by Gasteiger charge is 2.50. The zero-order valence-electron chi connectivity index (χ0n) is 28.5. The summed E-state index contributed by atoms with van der Waals surface area (Å²) in [5.41, 5.74) is 4.28. The Morgan fingerprint density at radius 3 is 2.38 bits per heavy atom. The molecule has 2 aromatic rings. The molecule has 0 spiro atoms. The van der Waals surface area contributed by atoms with Crippen LogP contribution < -0.4 is 16.4 Å². The van der Waals surface area contributed by atoms with E-state index in [2.05, 4.69) is 34.4 Å². The van der Waals surface area contributed by atoms with Crippen molar-refractivity contribution in [1.82, 2.24) is 30.2 Å². The van der Waals surface area contributed by atoms with Crippen LogP contribution in [0.25, 0.3) is 11.2 Å². The largest absolute Gasteiger partial charge is 0.481 e. The topological polar surface area (TPSA) is 364 Å². The fourth-order valence-electron chi connectivity index (χ4n) is 4.52. The number of nitrogens with one attached hydrogen (secondary N) is 2. The number of amides is 2. The number of phosphoric acid groups is 3. The van der Waals surface area contributed by atoms with Crippen molar-refractivity contribution in [2.45, 2.75) is 64.3 Å². The summed E-state index contributed by atoms with van der Waals surface area (Å²) in [6.45, 7) is 2.19. The maximum atomic E-state index is 12.6. The van der Waals surface area contributed by atoms with Gasteiger partial charge in [-0.15, -0.1) is 0 Å². The van der Waals surface area contributed by atoms with Gasteiger partial charge in [-0.1, -0.05) is 13.8 Å². The van der Waals surface area contributed by atoms with E-state index in [4.69, 9.17) is 19.5 Å². The fourth-order valence-corrected chi connectivity index (χ4v) is 8.23. The number of nitrogen functional groups attached to an aromatic ring is 1. The maximum Gasteiger partial charge on any atom is 0.481 e. The second-order valence-electron chi connectivity index (χ2n) is 12.1. The van der Waals surface area contributed by atoms with Crippen LogP contribution in [-0.2, 0) is 50.7 Å². The van der Waals surface area contributed by atoms with E-state index in [0.717, 1.165) is 17.2 Å². The van der Waals surface area contributed by atoms with Crippen LogP contribution in [0.1, 0.15) is 39.8 Å². The molecule has 3 rings (SSSR count). The summed E-state index contributed by atoms with van der Waals surface area (Å²) in [5, 5.41) is 26.4. The molecule has 24 nitrogen and oxygen atoms in total. The summed E-state index contributed by atoms with van der Waals surface area (Å²) in [4.78, 5) is 86.2. The zero-order chi connectivity index (χ0) is 39.8. The Balaban J connectivity index is 1.51. The van der Waals surface area contributed by atoms with Crippen molar-refractivity contribution in [2.75, 3.05) is 43.5 Å². The van der Waals surface area contributed by atoms with E-state index in [9.17, 15) is 57.9 Å². The van der Waals surface area contributed by atoms with Crippen LogP contribution in [0.3, 0.4) is 0 Å². The van der Waals surface area contributed by atoms with Gasteiger partial charge in [0.25, 0.3) is 0 Å². The highest BCUT2D eigenvalue weighted by molar-refractivity contribution is 7.99. The molecule has 2 aromatic heterocycles. The van der Waals surface area contributed by atoms with Gasteiger partial charge in [-0.05, 0) is 6.92 Å². The molecular formula is C25H42N7O17P3S. The molecule has 0 radical (unpaired) electrons. The van der Waals surface area contributed by atoms with Gasteiger partial charge < -0.3 is 50.9 Å². The molecule has 10 N–H and O–H groups in total. The minimum Gasteiger partial charge on any atom is -0.386 e. The Kier molecular flexibility index (Phi) is 16.1. The Labute approximate surface area is 306 Å². The van der Waals surface area contributed by atoms with E-state index in [-0.39, 0.29) is 41.6 Å². The normalized spacial score (nSPS) is 22.2. The average molecular weight is 838 g/mol. The summed E-state index contributed by atoms with van der Waals surface area (Å²) in [6, 6.07) is 0. The van der Waals surface area contributed by atoms with Crippen molar-refractivity contribution in [3.63, 3.8) is 0 Å². The summed E-state index contributed by atoms with van der Waals surface area (Å²) < 4.78 is 62.0. The minimum atomic E-state index is -5.56. The maximum absolute atomic E-state index is 12.6. The quantitative estimate of drug-likeness (QED) is 0.0513. The third-order valence-corrected chi connectivity index (χ3v) is 11.3. The molecule has 2 unspecified atom stereocenters. The number of aliphatic hydroxyl groups excluding tert-OH is 2. The Morgan fingerprint density at radius 2 is 1.72 bits per heavy atom. The van der Waals surface area contributed by atoms with E-state index < -0.39 is 78.6 Å². The van der Waals surface area contributed by atoms with Crippen molar-refractivity contribution >= 4 is 69.8 Å². The number of aliphatic hydroxyl groups is 2. The lowest BCUT2D eigenvalue weighted by Gasteiger charge is -2.30. The number of imidazole rings is 1. The van der Waals surface area contributed by atoms with Crippen LogP contribution in [-0.4, -0.2) is 129 Å². The van der Waals surface area contributed by atoms with Crippen LogP contribution >= 0.6 is 35.2 Å². The summed E-state index contributed by atoms with van der Waals surface area (Å²) >= 11 is 1.49. The summed E-state index contributed by atoms with van der Waals surface area (Å²) in [5.74, 6) is -0.0945. The second-order valence-corrected chi connectivity index (χ2v) is 17.6. The van der Waals surface area contributed by atoms with Gasteiger partial charge in [0, 0.05) is 42.9 Å². The first-order chi connectivity index (χ1) is 24.5. The number of anilines is 1. The van der Waals surface area contributed by atoms with E-state index in [1.54, 1.807) is 0 Å². The molecule has 2 amide bonds. The lowest BCUT2D eigenvalue weighted by atomic mass is 9.87. The van der Waals surface area contributed by atoms with E-state index in [1.807, 2.05) is 0 Å². The molecule has 300 valence electrons. The number of hydrogen-bond acceptors (Lipinski definition) is 18. The molecule has 0 saturated carbocycles. The van der Waals surface area contributed by atoms with Crippen molar-refractivity contribution in [1.29, 1.82) is 0 Å². The highest BCUT2D eigenvalue weighted by Crippen LogP contribution is 2.61. The van der Waals surface area contributed by atoms with Crippen LogP contribution in [0.2, 0.25) is 0 Å². The number of rotatable bonds is 22. The predicted octanol–water partition coefficient (Wildman–Crippen LogP) is -0.883. The molecule has 1 saturated heterocycles. The number of carbonyl (C=O) groups is 3. The van der Waals surface area contributed by atoms with Gasteiger partial charge in [0.15, 0.2) is 17.7 Å². The second kappa shape index (κ2) is 18.9. The number of fused-ring (bicyclic) bond motifs is 1. The Hall–Kier alpha value is -2.44. The first-order valence-corrected chi connectivity index (χ1v) is 21.2. The lowest BCUT2D eigenvalue weighted by molar-refractivity contribution is -0.137. The third-order valence-electron chi connectivity index (χ3n) is 7.24. The van der Waals surface area contributed by atoms with Gasteiger partial charge in [0.2, 0.25) is 11.8 Å². The molecule has 28 heteroatoms. The third kappa shape index (κ3) is 14.0. The molecule has 53 heavy (non-hydrogen) atoms. The summed E-state index contributed by atoms with van der Waals surface area (Å²) in [6.07, 6.45) is -6.39. The Bertz CT molecular complexity index is 1750. The standard InChI is InChI=1S/C25H42N7O17P3S/c1-14(33)5-8-53-9-7-27-16(34)4-6-28-23(37)20(36)25(2,3)11-46-52(43,44)49-51(41,42)45-10-15-19(48-50(38,39)40)18(35)24(47-15)32-13-31-17-21(26)29-12-30-22(17)32/h12-13,15,18-20,24,35-36H,4-11H2,1-3H3,(H,27,34)(H,28,37)(H,41,42)(H,43,44)(H2,26,29,30)(H2,38,39,40)/t15-,18+,19+,20-,24-/m0/s1. The van der Waals surface area contributed by atoms with Gasteiger partial charge in [0.05, 0.1) is 19.5 Å². The number of thioether (sulfide) groups is 1. The molecule has 7 atom stereocenters. The van der Waals surface area contributed by atoms with Crippen molar-refractivity contribution < 1.29 is 80.5 Å². The van der Waals surface area contributed by atoms with Crippen molar-refractivity contribution in [2.24, 2.45) is 5.41 Å². The predicted molar refractivity (Wildman–Crippen MR) is 182 cm³/mol. The summed E-state index contributed by atoms with van der Waals surface area (Å²) in [7, 11) is -16.4. The molecule has 1 aliphatic heterocycles. The molecule has 0 aliphatic carbocycles. The highest BCUT2D eigenvalue weighted by atomic mass is 32.2. The number of Topliss-reactive ketones (excluding diaryl/α,β-unsaturated/α-hetero) is 1. The SMILES string of the molecule is CC(=O)CCSCCNC(=O)CCNC(=O)[C@H](O)C(C)(C)COP(=O)(O)OP(=O)(O)OC[C@@H]1O[C@H](n2cnc3c(N)ncnc32)[C@H](O)[C@@H]1OP(=O)(O)O. The van der Waals surface area contributed by atoms with E-state index in [0.29, 0.717) is 24.5 Å². The first kappa shape index (κ1) is 45.0. The Morgan fingerprint density at radius 1 is 1.04 bits per heavy atom. The monoisotopic (exact) mass is 837 g/mol. The van der Waals surface area contributed by atoms with Crippen molar-refractivity contribution in [3.05, 3.63) is 12.7 Å². The first-order valence-electron chi connectivity index (χ1n) is 15.5. The number of nitrogens with zero attached hydrogens (tertiary/aromatic N) is 4. The smallest absolute Gasteiger partial charge is 0.386 e. The van der Waals surface area contributed by atoms with Crippen LogP contribution in [0.4, 0.5) is 5.82 Å². The van der Waals surface area contributed by atoms with Crippen LogP contribution in [0.5, 0.6) is 0 Å². The number of ketones is 1. The number of carbonyl (C=O) groups excluding carboxylic acids is 3. The molecular weight excluding hydrogens is 795 g/mol. The molecule has 1 fully saturated rings. The van der Waals surface area contributed by atoms with Crippen LogP contribution in [0.15, 0.2) is 12.7 Å².